The molecule has 1 aromatic rings. The molecule has 5 heteroatoms. The van der Waals surface area contributed by atoms with Gasteiger partial charge in [0.1, 0.15) is 5.02 Å². The number of anilines is 1. The number of halogens is 1. The van der Waals surface area contributed by atoms with Crippen LogP contribution in [0.25, 0.3) is 0 Å². The Morgan fingerprint density at radius 3 is 2.76 bits per heavy atom. The zero-order valence-electron chi connectivity index (χ0n) is 10.8. The summed E-state index contributed by atoms with van der Waals surface area (Å²) in [6, 6.07) is 0.648. The Kier molecular flexibility index (Phi) is 5.48. The first-order chi connectivity index (χ1) is 8.06. The molecule has 0 radical (unpaired) electrons. The predicted molar refractivity (Wildman–Crippen MR) is 70.8 cm³/mol. The molecule has 4 nitrogen and oxygen atoms in total. The Hall–Kier alpha value is -1.03. The fourth-order valence-electron chi connectivity index (χ4n) is 1.61. The molecule has 1 N–H and O–H groups in total. The number of hydrogen-bond acceptors (Lipinski definition) is 4. The Morgan fingerprint density at radius 1 is 1.47 bits per heavy atom. The van der Waals surface area contributed by atoms with Gasteiger partial charge in [0.25, 0.3) is 0 Å². The van der Waals surface area contributed by atoms with Gasteiger partial charge in [0.15, 0.2) is 5.82 Å². The highest BCUT2D eigenvalue weighted by Gasteiger charge is 2.11. The molecule has 0 saturated carbocycles. The Morgan fingerprint density at radius 2 is 2.18 bits per heavy atom. The molecule has 0 aromatic carbocycles. The molecule has 0 amide bonds. The van der Waals surface area contributed by atoms with Crippen LogP contribution in [0.1, 0.15) is 33.6 Å². The first-order valence-electron chi connectivity index (χ1n) is 5.89. The number of methoxy groups -OCH3 is 1. The van der Waals surface area contributed by atoms with Crippen LogP contribution in [0.4, 0.5) is 5.82 Å². The van der Waals surface area contributed by atoms with Gasteiger partial charge in [0, 0.05) is 6.04 Å². The Bertz CT molecular complexity index is 360. The topological polar surface area (TPSA) is 47.0 Å². The summed E-state index contributed by atoms with van der Waals surface area (Å²) in [5, 5.41) is 3.80. The lowest BCUT2D eigenvalue weighted by Crippen LogP contribution is -2.19. The average molecular weight is 258 g/mol. The van der Waals surface area contributed by atoms with Crippen molar-refractivity contribution in [1.29, 1.82) is 0 Å². The van der Waals surface area contributed by atoms with E-state index in [4.69, 9.17) is 16.3 Å². The third-order valence-corrected chi connectivity index (χ3v) is 3.02. The number of nitrogens with zero attached hydrogens (tertiary/aromatic N) is 2. The summed E-state index contributed by atoms with van der Waals surface area (Å²) < 4.78 is 4.97. The van der Waals surface area contributed by atoms with Gasteiger partial charge < -0.3 is 10.1 Å². The van der Waals surface area contributed by atoms with E-state index < -0.39 is 0 Å². The van der Waals surface area contributed by atoms with Crippen LogP contribution in [0.15, 0.2) is 6.20 Å². The van der Waals surface area contributed by atoms with Crippen LogP contribution in [-0.4, -0.2) is 23.1 Å². The first kappa shape index (κ1) is 14.0. The van der Waals surface area contributed by atoms with Gasteiger partial charge in [-0.2, -0.15) is 4.98 Å². The van der Waals surface area contributed by atoms with Crippen molar-refractivity contribution >= 4 is 17.4 Å². The van der Waals surface area contributed by atoms with Crippen LogP contribution in [0.2, 0.25) is 5.02 Å². The molecule has 2 unspecified atom stereocenters. The standard InChI is InChI=1S/C12H20ClN3O/c1-5-8(2)6-9(3)15-11-10(13)7-14-12(16-11)17-4/h7-9H,5-6H2,1-4H3,(H,14,15,16). The first-order valence-corrected chi connectivity index (χ1v) is 6.27. The van der Waals surface area contributed by atoms with E-state index in [-0.39, 0.29) is 0 Å². The fourth-order valence-corrected chi connectivity index (χ4v) is 1.76. The summed E-state index contributed by atoms with van der Waals surface area (Å²) in [4.78, 5) is 8.12. The van der Waals surface area contributed by atoms with Gasteiger partial charge in [-0.05, 0) is 19.3 Å². The SMILES string of the molecule is CCC(C)CC(C)Nc1nc(OC)ncc1Cl. The Balaban J connectivity index is 2.66. The minimum absolute atomic E-state index is 0.321. The molecule has 1 heterocycles. The van der Waals surface area contributed by atoms with E-state index in [1.165, 1.54) is 13.5 Å². The molecule has 0 aliphatic rings. The predicted octanol–water partition coefficient (Wildman–Crippen LogP) is 3.38. The zero-order chi connectivity index (χ0) is 12.8. The van der Waals surface area contributed by atoms with Crippen LogP contribution >= 0.6 is 11.6 Å². The van der Waals surface area contributed by atoms with E-state index in [9.17, 15) is 0 Å². The summed E-state index contributed by atoms with van der Waals surface area (Å²) in [5.74, 6) is 1.31. The van der Waals surface area contributed by atoms with Crippen LogP contribution in [0.5, 0.6) is 6.01 Å². The maximum atomic E-state index is 6.02. The van der Waals surface area contributed by atoms with Gasteiger partial charge in [0.2, 0.25) is 0 Å². The molecule has 0 aliphatic heterocycles. The third-order valence-electron chi connectivity index (χ3n) is 2.74. The van der Waals surface area contributed by atoms with Crippen molar-refractivity contribution in [3.63, 3.8) is 0 Å². The largest absolute Gasteiger partial charge is 0.467 e. The minimum Gasteiger partial charge on any atom is -0.467 e. The van der Waals surface area contributed by atoms with Crippen molar-refractivity contribution < 1.29 is 4.74 Å². The van der Waals surface area contributed by atoms with E-state index in [0.717, 1.165) is 6.42 Å². The highest BCUT2D eigenvalue weighted by Crippen LogP contribution is 2.22. The third kappa shape index (κ3) is 4.38. The number of hydrogen-bond donors (Lipinski definition) is 1. The second-order valence-corrected chi connectivity index (χ2v) is 4.75. The van der Waals surface area contributed by atoms with Crippen LogP contribution in [0, 0.1) is 5.92 Å². The molecule has 0 spiro atoms. The Labute approximate surface area is 108 Å². The van der Waals surface area contributed by atoms with Crippen molar-refractivity contribution in [2.45, 2.75) is 39.7 Å². The molecule has 0 bridgehead atoms. The lowest BCUT2D eigenvalue weighted by Gasteiger charge is -2.18. The van der Waals surface area contributed by atoms with Gasteiger partial charge in [-0.1, -0.05) is 31.9 Å². The van der Waals surface area contributed by atoms with Crippen molar-refractivity contribution in [3.05, 3.63) is 11.2 Å². The molecule has 96 valence electrons. The second-order valence-electron chi connectivity index (χ2n) is 4.35. The van der Waals surface area contributed by atoms with Crippen molar-refractivity contribution in [1.82, 2.24) is 9.97 Å². The van der Waals surface area contributed by atoms with Gasteiger partial charge in [0.05, 0.1) is 13.3 Å². The number of ether oxygens (including phenoxy) is 1. The van der Waals surface area contributed by atoms with Gasteiger partial charge in [-0.15, -0.1) is 0 Å². The van der Waals surface area contributed by atoms with E-state index in [0.29, 0.717) is 28.8 Å². The monoisotopic (exact) mass is 257 g/mol. The summed E-state index contributed by atoms with van der Waals surface area (Å²) in [7, 11) is 1.54. The van der Waals surface area contributed by atoms with Gasteiger partial charge >= 0.3 is 6.01 Å². The van der Waals surface area contributed by atoms with Gasteiger partial charge in [-0.3, -0.25) is 0 Å². The van der Waals surface area contributed by atoms with Crippen molar-refractivity contribution in [2.75, 3.05) is 12.4 Å². The minimum atomic E-state index is 0.321. The molecule has 2 atom stereocenters. The molecule has 0 saturated heterocycles. The molecule has 17 heavy (non-hydrogen) atoms. The second kappa shape index (κ2) is 6.64. The van der Waals surface area contributed by atoms with Crippen LogP contribution < -0.4 is 10.1 Å². The molecule has 1 rings (SSSR count). The summed E-state index contributed by atoms with van der Waals surface area (Å²) >= 11 is 6.02. The van der Waals surface area contributed by atoms with E-state index in [2.05, 4.69) is 36.1 Å². The van der Waals surface area contributed by atoms with Crippen LogP contribution in [0.3, 0.4) is 0 Å². The smallest absolute Gasteiger partial charge is 0.318 e. The van der Waals surface area contributed by atoms with Crippen LogP contribution in [-0.2, 0) is 0 Å². The molecule has 0 fully saturated rings. The summed E-state index contributed by atoms with van der Waals surface area (Å²) in [5.41, 5.74) is 0. The normalized spacial score (nSPS) is 14.2. The number of nitrogens with one attached hydrogen (secondary N) is 1. The fraction of sp³-hybridized carbons (Fsp3) is 0.667. The van der Waals surface area contributed by atoms with Crippen molar-refractivity contribution in [3.8, 4) is 6.01 Å². The highest BCUT2D eigenvalue weighted by atomic mass is 35.5. The average Bonchev–Trinajstić information content (AvgIpc) is 2.31. The molecular weight excluding hydrogens is 238 g/mol. The highest BCUT2D eigenvalue weighted by molar-refractivity contribution is 6.32. The maximum Gasteiger partial charge on any atom is 0.318 e. The van der Waals surface area contributed by atoms with Gasteiger partial charge in [-0.25, -0.2) is 4.98 Å². The van der Waals surface area contributed by atoms with E-state index in [1.54, 1.807) is 6.20 Å². The van der Waals surface area contributed by atoms with E-state index in [1.807, 2.05) is 0 Å². The molecular formula is C12H20ClN3O. The summed E-state index contributed by atoms with van der Waals surface area (Å²) in [6.45, 7) is 6.55. The lowest BCUT2D eigenvalue weighted by atomic mass is 10.0. The molecule has 0 aliphatic carbocycles. The summed E-state index contributed by atoms with van der Waals surface area (Å²) in [6.07, 6.45) is 3.80. The van der Waals surface area contributed by atoms with E-state index >= 15 is 0 Å². The zero-order valence-corrected chi connectivity index (χ0v) is 11.6. The number of rotatable bonds is 6. The quantitative estimate of drug-likeness (QED) is 0.849. The van der Waals surface area contributed by atoms with Crippen molar-refractivity contribution in [2.24, 2.45) is 5.92 Å². The number of aromatic nitrogens is 2. The lowest BCUT2D eigenvalue weighted by molar-refractivity contribution is 0.380. The molecule has 1 aromatic heterocycles. The maximum absolute atomic E-state index is 6.02.